The molecule has 0 bridgehead atoms. The Balaban J connectivity index is 2.01. The molecule has 0 radical (unpaired) electrons. The molecular formula is C23H25ClN2O4. The number of ether oxygens (including phenoxy) is 2. The number of carbonyl (C=O) groups is 2. The van der Waals surface area contributed by atoms with Crippen molar-refractivity contribution in [3.8, 4) is 5.75 Å². The summed E-state index contributed by atoms with van der Waals surface area (Å²) < 4.78 is 11.0. The van der Waals surface area contributed by atoms with Crippen molar-refractivity contribution in [2.75, 3.05) is 25.6 Å². The van der Waals surface area contributed by atoms with Gasteiger partial charge in [0.25, 0.3) is 11.8 Å². The fourth-order valence-electron chi connectivity index (χ4n) is 3.21. The normalized spacial score (nSPS) is 14.1. The Morgan fingerprint density at radius 2 is 1.77 bits per heavy atom. The number of carbonyl (C=O) groups excluding carboxylic acids is 2. The number of anilines is 1. The number of imide groups is 1. The minimum Gasteiger partial charge on any atom is -0.495 e. The van der Waals surface area contributed by atoms with E-state index in [0.29, 0.717) is 27.6 Å². The quantitative estimate of drug-likeness (QED) is 0.636. The van der Waals surface area contributed by atoms with Crippen LogP contribution in [0.15, 0.2) is 48.2 Å². The van der Waals surface area contributed by atoms with E-state index in [4.69, 9.17) is 21.1 Å². The summed E-state index contributed by atoms with van der Waals surface area (Å²) in [7, 11) is 1.56. The van der Waals surface area contributed by atoms with E-state index < -0.39 is 5.91 Å². The minimum absolute atomic E-state index is 0.00986. The fraction of sp³-hybridized carbons (Fsp3) is 0.304. The highest BCUT2D eigenvalue weighted by molar-refractivity contribution is 6.37. The molecule has 1 N–H and O–H groups in total. The number of methoxy groups -OCH3 is 1. The number of hydrogen-bond donors (Lipinski definition) is 1. The predicted molar refractivity (Wildman–Crippen MR) is 118 cm³/mol. The molecule has 1 aliphatic rings. The number of rotatable bonds is 8. The van der Waals surface area contributed by atoms with Crippen molar-refractivity contribution in [3.05, 3.63) is 64.3 Å². The fourth-order valence-corrected chi connectivity index (χ4v) is 3.34. The van der Waals surface area contributed by atoms with Gasteiger partial charge in [0, 0.05) is 5.02 Å². The number of nitrogens with zero attached hydrogens (tertiary/aromatic N) is 1. The Morgan fingerprint density at radius 1 is 1.07 bits per heavy atom. The first-order valence-electron chi connectivity index (χ1n) is 9.71. The maximum absolute atomic E-state index is 13.2. The largest absolute Gasteiger partial charge is 0.495 e. The van der Waals surface area contributed by atoms with E-state index in [1.54, 1.807) is 31.4 Å². The van der Waals surface area contributed by atoms with E-state index in [2.05, 4.69) is 5.32 Å². The summed E-state index contributed by atoms with van der Waals surface area (Å²) in [5, 5.41) is 3.69. The lowest BCUT2D eigenvalue weighted by Gasteiger charge is -2.17. The molecule has 1 aliphatic heterocycles. The summed E-state index contributed by atoms with van der Waals surface area (Å²) in [6.45, 7) is 6.19. The first-order valence-corrected chi connectivity index (χ1v) is 10.1. The number of nitrogens with one attached hydrogen (secondary N) is 1. The standard InChI is InChI=1S/C23H25ClN2O4/c1-14(2)30-12-11-26-22(27)20(16-6-8-17(24)9-7-16)21(23(26)28)25-18-13-15(3)5-10-19(18)29-4/h5-10,13-14,25H,11-12H2,1-4H3. The van der Waals surface area contributed by atoms with Gasteiger partial charge in [-0.15, -0.1) is 0 Å². The first kappa shape index (κ1) is 21.9. The second kappa shape index (κ2) is 9.32. The third-order valence-corrected chi connectivity index (χ3v) is 4.93. The van der Waals surface area contributed by atoms with Crippen LogP contribution in [-0.4, -0.2) is 43.1 Å². The molecule has 0 fully saturated rings. The van der Waals surface area contributed by atoms with E-state index in [1.807, 2.05) is 39.0 Å². The zero-order valence-corrected chi connectivity index (χ0v) is 18.2. The van der Waals surface area contributed by atoms with Crippen LogP contribution in [0.25, 0.3) is 5.57 Å². The van der Waals surface area contributed by atoms with Crippen LogP contribution in [0.4, 0.5) is 5.69 Å². The van der Waals surface area contributed by atoms with Crippen molar-refractivity contribution in [1.82, 2.24) is 4.90 Å². The molecule has 0 aliphatic carbocycles. The summed E-state index contributed by atoms with van der Waals surface area (Å²) >= 11 is 6.01. The molecule has 0 unspecified atom stereocenters. The Kier molecular flexibility index (Phi) is 6.80. The molecular weight excluding hydrogens is 404 g/mol. The molecule has 3 rings (SSSR count). The van der Waals surface area contributed by atoms with Crippen LogP contribution in [0.1, 0.15) is 25.0 Å². The van der Waals surface area contributed by atoms with Crippen LogP contribution in [-0.2, 0) is 14.3 Å². The van der Waals surface area contributed by atoms with E-state index in [1.165, 1.54) is 4.90 Å². The smallest absolute Gasteiger partial charge is 0.278 e. The van der Waals surface area contributed by atoms with Crippen LogP contribution in [0.2, 0.25) is 5.02 Å². The van der Waals surface area contributed by atoms with Gasteiger partial charge >= 0.3 is 0 Å². The molecule has 158 valence electrons. The topological polar surface area (TPSA) is 67.9 Å². The first-order chi connectivity index (χ1) is 14.3. The summed E-state index contributed by atoms with van der Waals surface area (Å²) in [6.07, 6.45) is 0.00986. The molecule has 0 spiro atoms. The molecule has 7 heteroatoms. The van der Waals surface area contributed by atoms with Crippen molar-refractivity contribution >= 4 is 34.7 Å². The number of halogens is 1. The molecule has 0 saturated carbocycles. The molecule has 0 aromatic heterocycles. The van der Waals surface area contributed by atoms with E-state index in [-0.39, 0.29) is 30.9 Å². The summed E-state index contributed by atoms with van der Waals surface area (Å²) in [5.74, 6) is -0.199. The monoisotopic (exact) mass is 428 g/mol. The second-order valence-corrected chi connectivity index (χ2v) is 7.70. The van der Waals surface area contributed by atoms with Crippen molar-refractivity contribution in [1.29, 1.82) is 0 Å². The van der Waals surface area contributed by atoms with Gasteiger partial charge in [0.1, 0.15) is 11.4 Å². The van der Waals surface area contributed by atoms with Crippen LogP contribution in [0, 0.1) is 6.92 Å². The SMILES string of the molecule is COc1ccc(C)cc1NC1=C(c2ccc(Cl)cc2)C(=O)N(CCOC(C)C)C1=O. The van der Waals surface area contributed by atoms with Crippen molar-refractivity contribution in [3.63, 3.8) is 0 Å². The second-order valence-electron chi connectivity index (χ2n) is 7.27. The Morgan fingerprint density at radius 3 is 2.40 bits per heavy atom. The van der Waals surface area contributed by atoms with Crippen LogP contribution in [0.5, 0.6) is 5.75 Å². The van der Waals surface area contributed by atoms with Crippen LogP contribution in [0.3, 0.4) is 0 Å². The predicted octanol–water partition coefficient (Wildman–Crippen LogP) is 4.27. The number of hydrogen-bond acceptors (Lipinski definition) is 5. The molecule has 1 heterocycles. The summed E-state index contributed by atoms with van der Waals surface area (Å²) in [6, 6.07) is 12.4. The number of benzene rings is 2. The summed E-state index contributed by atoms with van der Waals surface area (Å²) in [5.41, 5.74) is 2.71. The van der Waals surface area contributed by atoms with Gasteiger partial charge in [-0.25, -0.2) is 0 Å². The van der Waals surface area contributed by atoms with Crippen LogP contribution < -0.4 is 10.1 Å². The van der Waals surface area contributed by atoms with Gasteiger partial charge in [0.05, 0.1) is 37.6 Å². The third-order valence-electron chi connectivity index (χ3n) is 4.68. The zero-order valence-electron chi connectivity index (χ0n) is 17.5. The molecule has 2 amide bonds. The lowest BCUT2D eigenvalue weighted by atomic mass is 10.0. The lowest BCUT2D eigenvalue weighted by molar-refractivity contribution is -0.137. The van der Waals surface area contributed by atoms with Gasteiger partial charge < -0.3 is 14.8 Å². The van der Waals surface area contributed by atoms with Crippen LogP contribution >= 0.6 is 11.6 Å². The molecule has 30 heavy (non-hydrogen) atoms. The molecule has 2 aromatic carbocycles. The Labute approximate surface area is 181 Å². The number of amides is 2. The number of aryl methyl sites for hydroxylation is 1. The van der Waals surface area contributed by atoms with E-state index >= 15 is 0 Å². The van der Waals surface area contributed by atoms with E-state index in [9.17, 15) is 9.59 Å². The van der Waals surface area contributed by atoms with E-state index in [0.717, 1.165) is 5.56 Å². The van der Waals surface area contributed by atoms with Gasteiger partial charge in [-0.1, -0.05) is 29.8 Å². The van der Waals surface area contributed by atoms with Crippen molar-refractivity contribution < 1.29 is 19.1 Å². The highest BCUT2D eigenvalue weighted by Crippen LogP contribution is 2.34. The average Bonchev–Trinajstić information content (AvgIpc) is 2.93. The van der Waals surface area contributed by atoms with Gasteiger partial charge in [0.15, 0.2) is 0 Å². The van der Waals surface area contributed by atoms with Gasteiger partial charge in [-0.05, 0) is 56.2 Å². The molecule has 2 aromatic rings. The molecule has 6 nitrogen and oxygen atoms in total. The zero-order chi connectivity index (χ0) is 21.8. The average molecular weight is 429 g/mol. The minimum atomic E-state index is -0.402. The highest BCUT2D eigenvalue weighted by Gasteiger charge is 2.39. The Bertz CT molecular complexity index is 983. The highest BCUT2D eigenvalue weighted by atomic mass is 35.5. The van der Waals surface area contributed by atoms with Gasteiger partial charge in [0.2, 0.25) is 0 Å². The third kappa shape index (κ3) is 4.66. The Hall–Kier alpha value is -2.83. The maximum Gasteiger partial charge on any atom is 0.278 e. The lowest BCUT2D eigenvalue weighted by Crippen LogP contribution is -2.35. The van der Waals surface area contributed by atoms with Crippen molar-refractivity contribution in [2.45, 2.75) is 26.9 Å². The van der Waals surface area contributed by atoms with Crippen molar-refractivity contribution in [2.24, 2.45) is 0 Å². The van der Waals surface area contributed by atoms with Gasteiger partial charge in [-0.3, -0.25) is 14.5 Å². The van der Waals surface area contributed by atoms with Gasteiger partial charge in [-0.2, -0.15) is 0 Å². The molecule has 0 atom stereocenters. The maximum atomic E-state index is 13.2. The summed E-state index contributed by atoms with van der Waals surface area (Å²) in [4.78, 5) is 27.6. The molecule has 0 saturated heterocycles.